The molecular formula is C32H49N3O8. The van der Waals surface area contributed by atoms with Gasteiger partial charge in [0.1, 0.15) is 23.9 Å². The van der Waals surface area contributed by atoms with E-state index < -0.39 is 29.9 Å². The van der Waals surface area contributed by atoms with Crippen LogP contribution in [0.4, 0.5) is 0 Å². The molecule has 0 aromatic heterocycles. The van der Waals surface area contributed by atoms with Gasteiger partial charge in [-0.25, -0.2) is 0 Å². The maximum absolute atomic E-state index is 12.5. The number of carbonyl (C=O) groups excluding carboxylic acids is 3. The Morgan fingerprint density at radius 2 is 1.84 bits per heavy atom. The van der Waals surface area contributed by atoms with E-state index in [1.54, 1.807) is 13.0 Å². The highest BCUT2D eigenvalue weighted by Gasteiger charge is 2.58. The summed E-state index contributed by atoms with van der Waals surface area (Å²) in [4.78, 5) is 36.0. The van der Waals surface area contributed by atoms with E-state index in [1.165, 1.54) is 13.0 Å². The summed E-state index contributed by atoms with van der Waals surface area (Å²) in [5.41, 5.74) is 6.19. The maximum atomic E-state index is 12.5. The van der Waals surface area contributed by atoms with Crippen LogP contribution in [0, 0.1) is 5.92 Å². The van der Waals surface area contributed by atoms with Gasteiger partial charge in [-0.15, -0.1) is 0 Å². The van der Waals surface area contributed by atoms with Crippen LogP contribution in [0.1, 0.15) is 73.1 Å². The van der Waals surface area contributed by atoms with Gasteiger partial charge in [-0.3, -0.25) is 14.4 Å². The summed E-state index contributed by atoms with van der Waals surface area (Å²) in [5.74, 6) is -0.484. The van der Waals surface area contributed by atoms with Crippen molar-refractivity contribution in [2.75, 3.05) is 6.61 Å². The van der Waals surface area contributed by atoms with Gasteiger partial charge in [-0.2, -0.15) is 0 Å². The monoisotopic (exact) mass is 603 g/mol. The van der Waals surface area contributed by atoms with Gasteiger partial charge < -0.3 is 40.4 Å². The molecule has 3 saturated heterocycles. The minimum absolute atomic E-state index is 0.00111. The quantitative estimate of drug-likeness (QED) is 0.120. The van der Waals surface area contributed by atoms with Crippen LogP contribution in [0.2, 0.25) is 0 Å². The number of nitrogens with two attached hydrogens (primary N) is 1. The Morgan fingerprint density at radius 1 is 1.12 bits per heavy atom. The fourth-order valence-electron chi connectivity index (χ4n) is 6.16. The number of epoxide rings is 1. The molecule has 4 rings (SSSR count). The van der Waals surface area contributed by atoms with E-state index in [1.807, 2.05) is 26.0 Å². The molecule has 5 N–H and O–H groups in total. The second-order valence-electron chi connectivity index (χ2n) is 12.8. The topological polar surface area (TPSA) is 162 Å². The van der Waals surface area contributed by atoms with Gasteiger partial charge in [0, 0.05) is 31.5 Å². The summed E-state index contributed by atoms with van der Waals surface area (Å²) >= 11 is 0. The van der Waals surface area contributed by atoms with E-state index in [2.05, 4.69) is 23.6 Å². The SMILES string of the molecule is CC(=O)O[C@@H](C)C=CC(=O)N[C@@H]1C[C@H](C)[C@H](CC=C(C)C=C[C@H]2O[C@H](CC(=O)N[C@H]3C[C@H](N)C3)C[C@@]3(CO3)[C@@H]2O)O[C@@H]1C. The summed E-state index contributed by atoms with van der Waals surface area (Å²) in [6, 6.07) is 0.182. The zero-order chi connectivity index (χ0) is 31.3. The number of aliphatic hydroxyl groups is 1. The molecule has 4 aliphatic rings. The van der Waals surface area contributed by atoms with E-state index in [9.17, 15) is 19.5 Å². The van der Waals surface area contributed by atoms with E-state index in [-0.39, 0.29) is 60.6 Å². The number of aliphatic hydroxyl groups excluding tert-OH is 1. The van der Waals surface area contributed by atoms with Gasteiger partial charge in [-0.1, -0.05) is 30.7 Å². The van der Waals surface area contributed by atoms with Gasteiger partial charge in [0.05, 0.1) is 37.4 Å². The van der Waals surface area contributed by atoms with Crippen LogP contribution in [0.5, 0.6) is 0 Å². The number of amides is 2. The van der Waals surface area contributed by atoms with Crippen molar-refractivity contribution in [3.63, 3.8) is 0 Å². The molecule has 43 heavy (non-hydrogen) atoms. The number of rotatable bonds is 11. The predicted molar refractivity (Wildman–Crippen MR) is 160 cm³/mol. The predicted octanol–water partition coefficient (Wildman–Crippen LogP) is 1.97. The number of esters is 1. The van der Waals surface area contributed by atoms with Crippen LogP contribution in [0.15, 0.2) is 36.0 Å². The Labute approximate surface area is 254 Å². The zero-order valence-electron chi connectivity index (χ0n) is 26.0. The van der Waals surface area contributed by atoms with E-state index in [4.69, 9.17) is 24.7 Å². The van der Waals surface area contributed by atoms with Gasteiger partial charge in [0.25, 0.3) is 0 Å². The van der Waals surface area contributed by atoms with Crippen LogP contribution in [0.3, 0.4) is 0 Å². The normalized spacial score (nSPS) is 38.5. The Hall–Kier alpha value is -2.57. The average molecular weight is 604 g/mol. The third-order valence-electron chi connectivity index (χ3n) is 8.88. The lowest BCUT2D eigenvalue weighted by molar-refractivity contribution is -0.146. The van der Waals surface area contributed by atoms with Gasteiger partial charge in [-0.05, 0) is 58.4 Å². The molecule has 11 heteroatoms. The van der Waals surface area contributed by atoms with Crippen molar-refractivity contribution in [2.24, 2.45) is 11.7 Å². The number of allylic oxidation sites excluding steroid dienone is 2. The van der Waals surface area contributed by atoms with Crippen molar-refractivity contribution in [3.8, 4) is 0 Å². The Morgan fingerprint density at radius 3 is 2.49 bits per heavy atom. The Kier molecular flexibility index (Phi) is 11.2. The first kappa shape index (κ1) is 33.3. The van der Waals surface area contributed by atoms with Crippen molar-refractivity contribution in [1.82, 2.24) is 10.6 Å². The number of ether oxygens (including phenoxy) is 4. The second-order valence-corrected chi connectivity index (χ2v) is 12.8. The van der Waals surface area contributed by atoms with Gasteiger partial charge in [0.2, 0.25) is 11.8 Å². The first-order chi connectivity index (χ1) is 20.3. The van der Waals surface area contributed by atoms with Crippen molar-refractivity contribution in [3.05, 3.63) is 36.0 Å². The highest BCUT2D eigenvalue weighted by atomic mass is 16.6. The summed E-state index contributed by atoms with van der Waals surface area (Å²) in [5, 5.41) is 16.9. The fraction of sp³-hybridized carbons (Fsp3) is 0.719. The molecule has 0 aromatic carbocycles. The molecule has 240 valence electrons. The minimum atomic E-state index is -0.796. The lowest BCUT2D eigenvalue weighted by Crippen LogP contribution is -2.53. The molecular weight excluding hydrogens is 554 g/mol. The van der Waals surface area contributed by atoms with Gasteiger partial charge >= 0.3 is 5.97 Å². The summed E-state index contributed by atoms with van der Waals surface area (Å²) in [6.45, 7) is 9.56. The molecule has 9 atom stereocenters. The second kappa shape index (κ2) is 14.5. The van der Waals surface area contributed by atoms with Crippen molar-refractivity contribution in [2.45, 2.75) is 133 Å². The zero-order valence-corrected chi connectivity index (χ0v) is 26.0. The Bertz CT molecular complexity index is 1100. The van der Waals surface area contributed by atoms with Crippen LogP contribution in [-0.2, 0) is 33.3 Å². The maximum Gasteiger partial charge on any atom is 0.303 e. The molecule has 1 spiro atoms. The smallest absolute Gasteiger partial charge is 0.303 e. The first-order valence-electron chi connectivity index (χ1n) is 15.5. The molecule has 3 aliphatic heterocycles. The van der Waals surface area contributed by atoms with Crippen LogP contribution in [-0.4, -0.2) is 89.8 Å². The highest BCUT2D eigenvalue weighted by Crippen LogP contribution is 2.43. The van der Waals surface area contributed by atoms with Crippen molar-refractivity contribution in [1.29, 1.82) is 0 Å². The largest absolute Gasteiger partial charge is 0.459 e. The van der Waals surface area contributed by atoms with Crippen LogP contribution >= 0.6 is 0 Å². The van der Waals surface area contributed by atoms with E-state index >= 15 is 0 Å². The van der Waals surface area contributed by atoms with Crippen molar-refractivity contribution >= 4 is 17.8 Å². The molecule has 0 aromatic rings. The van der Waals surface area contributed by atoms with E-state index in [0.29, 0.717) is 19.4 Å². The van der Waals surface area contributed by atoms with Crippen molar-refractivity contribution < 1.29 is 38.4 Å². The summed E-state index contributed by atoms with van der Waals surface area (Å²) in [6.07, 6.45) is 10.3. The molecule has 2 amide bonds. The first-order valence-corrected chi connectivity index (χ1v) is 15.5. The molecule has 0 unspecified atom stereocenters. The average Bonchev–Trinajstić information content (AvgIpc) is 3.68. The standard InChI is InChI=1S/C32H49N3O8/c1-18(6-9-27-19(2)12-26(21(4)42-27)35-29(37)11-8-20(3)41-22(5)36)7-10-28-31(39)32(17-40-32)16-25(43-28)15-30(38)34-24-13-23(33)14-24/h6-8,10-11,19-21,23-28,31,39H,9,12-17,33H2,1-5H3,(H,34,38)(H,35,37)/t19-,20-,21+,23-,24-,25+,26+,27-,28+,31+,32+/m0/s1. The summed E-state index contributed by atoms with van der Waals surface area (Å²) in [7, 11) is 0. The van der Waals surface area contributed by atoms with E-state index in [0.717, 1.165) is 24.8 Å². The molecule has 11 nitrogen and oxygen atoms in total. The highest BCUT2D eigenvalue weighted by molar-refractivity contribution is 5.87. The molecule has 3 heterocycles. The van der Waals surface area contributed by atoms with Gasteiger partial charge in [0.15, 0.2) is 0 Å². The molecule has 1 aliphatic carbocycles. The lowest BCUT2D eigenvalue weighted by atomic mass is 9.86. The molecule has 1 saturated carbocycles. The fourth-order valence-corrected chi connectivity index (χ4v) is 6.16. The number of carbonyl (C=O) groups is 3. The molecule has 0 radical (unpaired) electrons. The lowest BCUT2D eigenvalue weighted by Gasteiger charge is -2.39. The Balaban J connectivity index is 1.24. The molecule has 0 bridgehead atoms. The third-order valence-corrected chi connectivity index (χ3v) is 8.88. The number of hydrogen-bond acceptors (Lipinski definition) is 9. The molecule has 4 fully saturated rings. The van der Waals surface area contributed by atoms with Crippen LogP contribution < -0.4 is 16.4 Å². The summed E-state index contributed by atoms with van der Waals surface area (Å²) < 4.78 is 23.1. The number of nitrogens with one attached hydrogen (secondary N) is 2. The van der Waals surface area contributed by atoms with Crippen LogP contribution in [0.25, 0.3) is 0 Å². The minimum Gasteiger partial charge on any atom is -0.459 e. The number of hydrogen-bond donors (Lipinski definition) is 4. The third kappa shape index (κ3) is 9.46.